The molecule has 1 spiro atoms. The minimum absolute atomic E-state index is 0.142. The summed E-state index contributed by atoms with van der Waals surface area (Å²) < 4.78 is 0. The van der Waals surface area contributed by atoms with E-state index in [1.807, 2.05) is 50.2 Å². The van der Waals surface area contributed by atoms with E-state index in [0.29, 0.717) is 33.8 Å². The Morgan fingerprint density at radius 2 is 1.70 bits per heavy atom. The fourth-order valence-electron chi connectivity index (χ4n) is 5.86. The van der Waals surface area contributed by atoms with Crippen molar-refractivity contribution in [3.63, 3.8) is 0 Å². The lowest BCUT2D eigenvalue weighted by Crippen LogP contribution is -2.72. The quantitative estimate of drug-likeness (QED) is 0.359. The van der Waals surface area contributed by atoms with E-state index in [-0.39, 0.29) is 17.0 Å². The highest BCUT2D eigenvalue weighted by molar-refractivity contribution is 5.94. The Balaban J connectivity index is 1.26. The number of carboxylic acid groups (broad SMARTS) is 1. The molecule has 198 valence electrons. The second kappa shape index (κ2) is 9.55. The summed E-state index contributed by atoms with van der Waals surface area (Å²) in [7, 11) is 0. The smallest absolute Gasteiger partial charge is 0.337 e. The highest BCUT2D eigenvalue weighted by Gasteiger charge is 2.52. The minimum Gasteiger partial charge on any atom is -0.478 e. The summed E-state index contributed by atoms with van der Waals surface area (Å²) >= 11 is 0. The van der Waals surface area contributed by atoms with E-state index in [9.17, 15) is 15.2 Å². The number of aromatic carboxylic acids is 1. The number of nitrogens with one attached hydrogen (secondary N) is 1. The molecule has 3 heterocycles. The zero-order valence-electron chi connectivity index (χ0n) is 22.2. The molecule has 9 nitrogen and oxygen atoms in total. The zero-order chi connectivity index (χ0) is 28.0. The molecule has 2 saturated heterocycles. The van der Waals surface area contributed by atoms with Crippen LogP contribution in [0.1, 0.15) is 45.7 Å². The number of carboxylic acids is 1. The van der Waals surface area contributed by atoms with Gasteiger partial charge in [0.25, 0.3) is 0 Å². The zero-order valence-corrected chi connectivity index (χ0v) is 22.2. The van der Waals surface area contributed by atoms with Crippen LogP contribution in [0.2, 0.25) is 0 Å². The molecule has 0 amide bonds. The molecule has 0 unspecified atom stereocenters. The summed E-state index contributed by atoms with van der Waals surface area (Å²) in [5.74, 6) is -0.411. The van der Waals surface area contributed by atoms with Crippen molar-refractivity contribution in [2.45, 2.75) is 19.9 Å². The van der Waals surface area contributed by atoms with Crippen molar-refractivity contribution in [1.82, 2.24) is 9.97 Å². The van der Waals surface area contributed by atoms with Gasteiger partial charge >= 0.3 is 5.97 Å². The summed E-state index contributed by atoms with van der Waals surface area (Å²) in [5.41, 5.74) is 6.14. The molecule has 9 heteroatoms. The van der Waals surface area contributed by atoms with Gasteiger partial charge in [-0.3, -0.25) is 0 Å². The molecular formula is C31H27N7O2. The molecule has 2 fully saturated rings. The molecule has 1 atom stereocenters. The number of hydrogen-bond donors (Lipinski definition) is 2. The molecule has 6 rings (SSSR count). The molecule has 3 aromatic carbocycles. The van der Waals surface area contributed by atoms with Crippen LogP contribution in [-0.2, 0) is 0 Å². The van der Waals surface area contributed by atoms with Crippen LogP contribution in [-0.4, -0.2) is 47.2 Å². The number of anilines is 3. The standard InChI is InChI=1S/C31H27N7O2/c1-19-11-24(20(2)34-25-6-4-3-5-23(25)30(39)40)28-26(12-19)35-27(14-33)29(36-28)38-17-31(18-38)15-37(16-31)22-9-7-21(13-32)8-10-22/h3-12,20,34H,15-18H2,1-2H3,(H,39,40)/t20-/m1/s1. The third kappa shape index (κ3) is 4.32. The number of carbonyl (C=O) groups is 1. The Hall–Kier alpha value is -5.15. The average Bonchev–Trinajstić information content (AvgIpc) is 2.91. The Bertz CT molecular complexity index is 1720. The first-order chi connectivity index (χ1) is 19.3. The maximum Gasteiger partial charge on any atom is 0.337 e. The Labute approximate surface area is 231 Å². The maximum atomic E-state index is 11.7. The number of hydrogen-bond acceptors (Lipinski definition) is 8. The van der Waals surface area contributed by atoms with Crippen molar-refractivity contribution in [3.8, 4) is 12.1 Å². The largest absolute Gasteiger partial charge is 0.478 e. The number of nitriles is 2. The van der Waals surface area contributed by atoms with Crippen molar-refractivity contribution in [3.05, 3.63) is 88.6 Å². The lowest BCUT2D eigenvalue weighted by atomic mass is 9.72. The number of aryl methyl sites for hydroxylation is 1. The predicted octanol–water partition coefficient (Wildman–Crippen LogP) is 4.88. The molecule has 4 aromatic rings. The minimum atomic E-state index is -0.995. The fourth-order valence-corrected chi connectivity index (χ4v) is 5.86. The number of rotatable bonds is 6. The molecule has 2 aliphatic heterocycles. The molecular weight excluding hydrogens is 502 g/mol. The van der Waals surface area contributed by atoms with Crippen LogP contribution < -0.4 is 15.1 Å². The van der Waals surface area contributed by atoms with E-state index in [1.54, 1.807) is 24.3 Å². The molecule has 0 bridgehead atoms. The van der Waals surface area contributed by atoms with Crippen LogP contribution >= 0.6 is 0 Å². The van der Waals surface area contributed by atoms with Crippen LogP contribution in [0, 0.1) is 35.0 Å². The van der Waals surface area contributed by atoms with Gasteiger partial charge in [-0.2, -0.15) is 10.5 Å². The monoisotopic (exact) mass is 529 g/mol. The van der Waals surface area contributed by atoms with E-state index >= 15 is 0 Å². The summed E-state index contributed by atoms with van der Waals surface area (Å²) in [6.45, 7) is 7.33. The second-order valence-electron chi connectivity index (χ2n) is 10.8. The first-order valence-corrected chi connectivity index (χ1v) is 13.1. The number of fused-ring (bicyclic) bond motifs is 1. The van der Waals surface area contributed by atoms with Gasteiger partial charge in [0.05, 0.1) is 34.3 Å². The van der Waals surface area contributed by atoms with Gasteiger partial charge < -0.3 is 20.2 Å². The van der Waals surface area contributed by atoms with Crippen molar-refractivity contribution in [2.75, 3.05) is 41.3 Å². The molecule has 1 aromatic heterocycles. The first kappa shape index (κ1) is 25.1. The normalized spacial score (nSPS) is 16.0. The van der Waals surface area contributed by atoms with Crippen molar-refractivity contribution < 1.29 is 9.90 Å². The van der Waals surface area contributed by atoms with Gasteiger partial charge in [-0.05, 0) is 61.9 Å². The van der Waals surface area contributed by atoms with Gasteiger partial charge in [-0.1, -0.05) is 18.2 Å². The highest BCUT2D eigenvalue weighted by atomic mass is 16.4. The third-order valence-corrected chi connectivity index (χ3v) is 7.79. The van der Waals surface area contributed by atoms with Gasteiger partial charge in [0.1, 0.15) is 6.07 Å². The lowest BCUT2D eigenvalue weighted by Gasteiger charge is -2.61. The molecule has 2 aliphatic rings. The number of para-hydroxylation sites is 1. The van der Waals surface area contributed by atoms with Crippen molar-refractivity contribution >= 4 is 34.2 Å². The van der Waals surface area contributed by atoms with Crippen molar-refractivity contribution in [1.29, 1.82) is 10.5 Å². The number of aromatic nitrogens is 2. The summed E-state index contributed by atoms with van der Waals surface area (Å²) in [6.07, 6.45) is 0. The van der Waals surface area contributed by atoms with Crippen LogP contribution in [0.25, 0.3) is 11.0 Å². The summed E-state index contributed by atoms with van der Waals surface area (Å²) in [4.78, 5) is 25.9. The molecule has 0 aliphatic carbocycles. The average molecular weight is 530 g/mol. The van der Waals surface area contributed by atoms with E-state index < -0.39 is 5.97 Å². The second-order valence-corrected chi connectivity index (χ2v) is 10.8. The summed E-state index contributed by atoms with van der Waals surface area (Å²) in [6, 6.07) is 22.6. The summed E-state index contributed by atoms with van der Waals surface area (Å²) in [5, 5.41) is 31.9. The topological polar surface area (TPSA) is 129 Å². The highest BCUT2D eigenvalue weighted by Crippen LogP contribution is 2.44. The van der Waals surface area contributed by atoms with E-state index in [1.165, 1.54) is 0 Å². The van der Waals surface area contributed by atoms with Crippen LogP contribution in [0.3, 0.4) is 0 Å². The van der Waals surface area contributed by atoms with Gasteiger partial charge in [0.2, 0.25) is 0 Å². The maximum absolute atomic E-state index is 11.7. The number of benzene rings is 3. The van der Waals surface area contributed by atoms with Gasteiger partial charge in [0.15, 0.2) is 11.5 Å². The van der Waals surface area contributed by atoms with E-state index in [2.05, 4.69) is 27.3 Å². The fraction of sp³-hybridized carbons (Fsp3) is 0.258. The third-order valence-electron chi connectivity index (χ3n) is 7.79. The van der Waals surface area contributed by atoms with E-state index in [0.717, 1.165) is 43.0 Å². The first-order valence-electron chi connectivity index (χ1n) is 13.1. The van der Waals surface area contributed by atoms with Gasteiger partial charge in [0, 0.05) is 48.5 Å². The van der Waals surface area contributed by atoms with Crippen LogP contribution in [0.5, 0.6) is 0 Å². The number of nitrogens with zero attached hydrogens (tertiary/aromatic N) is 6. The Morgan fingerprint density at radius 1 is 1.00 bits per heavy atom. The molecule has 0 saturated carbocycles. The van der Waals surface area contributed by atoms with Crippen molar-refractivity contribution in [2.24, 2.45) is 5.41 Å². The SMILES string of the molecule is Cc1cc([C@@H](C)Nc2ccccc2C(=O)O)c2nc(N3CC4(CN(c5ccc(C#N)cc5)C4)C3)c(C#N)nc2c1. The van der Waals surface area contributed by atoms with Gasteiger partial charge in [-0.25, -0.2) is 14.8 Å². The predicted molar refractivity (Wildman–Crippen MR) is 152 cm³/mol. The molecule has 40 heavy (non-hydrogen) atoms. The van der Waals surface area contributed by atoms with Crippen LogP contribution in [0.4, 0.5) is 17.2 Å². The van der Waals surface area contributed by atoms with Crippen LogP contribution in [0.15, 0.2) is 60.7 Å². The Kier molecular flexibility index (Phi) is 6.00. The van der Waals surface area contributed by atoms with Gasteiger partial charge in [-0.15, -0.1) is 0 Å². The lowest BCUT2D eigenvalue weighted by molar-refractivity contribution is 0.0698. The molecule has 0 radical (unpaired) electrons. The molecule has 2 N–H and O–H groups in total. The Morgan fingerprint density at radius 3 is 2.38 bits per heavy atom. The van der Waals surface area contributed by atoms with E-state index in [4.69, 9.17) is 15.2 Å².